The van der Waals surface area contributed by atoms with Gasteiger partial charge in [-0.15, -0.1) is 0 Å². The van der Waals surface area contributed by atoms with Gasteiger partial charge in [-0.25, -0.2) is 4.98 Å². The molecule has 0 unspecified atom stereocenters. The first-order valence-electron chi connectivity index (χ1n) is 11.4. The van der Waals surface area contributed by atoms with E-state index in [4.69, 9.17) is 16.3 Å². The zero-order chi connectivity index (χ0) is 24.2. The van der Waals surface area contributed by atoms with E-state index in [2.05, 4.69) is 10.3 Å². The molecule has 2 aromatic carbocycles. The largest absolute Gasteiger partial charge is 0.497 e. The molecule has 0 aliphatic heterocycles. The highest BCUT2D eigenvalue weighted by atomic mass is 35.5. The summed E-state index contributed by atoms with van der Waals surface area (Å²) in [5.41, 5.74) is 2.34. The van der Waals surface area contributed by atoms with Crippen LogP contribution in [-0.2, 0) is 9.59 Å². The van der Waals surface area contributed by atoms with Crippen molar-refractivity contribution in [1.29, 1.82) is 0 Å². The number of nitrogens with one attached hydrogen (secondary N) is 1. The highest BCUT2D eigenvalue weighted by Gasteiger charge is 2.34. The van der Waals surface area contributed by atoms with E-state index in [1.807, 2.05) is 56.4 Å². The van der Waals surface area contributed by atoms with Crippen LogP contribution in [0.25, 0.3) is 16.9 Å². The molecule has 0 spiro atoms. The molecule has 1 aliphatic rings. The minimum absolute atomic E-state index is 0.00520. The third-order valence-corrected chi connectivity index (χ3v) is 5.84. The van der Waals surface area contributed by atoms with E-state index in [1.54, 1.807) is 28.7 Å². The summed E-state index contributed by atoms with van der Waals surface area (Å²) in [6.07, 6.45) is 3.66. The molecule has 2 amide bonds. The van der Waals surface area contributed by atoms with Crippen molar-refractivity contribution in [3.8, 4) is 22.7 Å². The van der Waals surface area contributed by atoms with Crippen LogP contribution in [0.15, 0.2) is 54.7 Å². The number of amides is 2. The van der Waals surface area contributed by atoms with Gasteiger partial charge in [-0.2, -0.15) is 0 Å². The lowest BCUT2D eigenvalue weighted by Gasteiger charge is -2.24. The molecule has 178 valence electrons. The van der Waals surface area contributed by atoms with Crippen LogP contribution in [0.5, 0.6) is 5.75 Å². The number of halogens is 1. The van der Waals surface area contributed by atoms with E-state index >= 15 is 0 Å². The lowest BCUT2D eigenvalue weighted by Crippen LogP contribution is -2.41. The van der Waals surface area contributed by atoms with Crippen LogP contribution < -0.4 is 10.1 Å². The molecule has 0 radical (unpaired) electrons. The number of carbonyl (C=O) groups is 2. The van der Waals surface area contributed by atoms with Gasteiger partial charge in [-0.05, 0) is 43.0 Å². The highest BCUT2D eigenvalue weighted by Crippen LogP contribution is 2.31. The molecule has 8 heteroatoms. The maximum absolute atomic E-state index is 13.0. The number of imidazole rings is 1. The van der Waals surface area contributed by atoms with Gasteiger partial charge in [0, 0.05) is 35.3 Å². The maximum atomic E-state index is 13.0. The van der Waals surface area contributed by atoms with Crippen molar-refractivity contribution in [2.24, 2.45) is 11.8 Å². The number of hydrogen-bond donors (Lipinski definition) is 1. The Morgan fingerprint density at radius 1 is 1.21 bits per heavy atom. The van der Waals surface area contributed by atoms with Crippen molar-refractivity contribution in [2.45, 2.75) is 26.7 Å². The van der Waals surface area contributed by atoms with Gasteiger partial charge in [0.15, 0.2) is 0 Å². The van der Waals surface area contributed by atoms with E-state index in [1.165, 1.54) is 0 Å². The number of carbonyl (C=O) groups excluding carboxylic acids is 2. The first kappa shape index (κ1) is 23.8. The summed E-state index contributed by atoms with van der Waals surface area (Å²) in [6.45, 7) is 4.62. The molecule has 7 nitrogen and oxygen atoms in total. The monoisotopic (exact) mass is 480 g/mol. The molecule has 0 saturated heterocycles. The van der Waals surface area contributed by atoms with Gasteiger partial charge >= 0.3 is 0 Å². The summed E-state index contributed by atoms with van der Waals surface area (Å²) in [6, 6.07) is 14.9. The fraction of sp³-hybridized carbons (Fsp3) is 0.346. The minimum atomic E-state index is -0.285. The molecule has 0 atom stereocenters. The van der Waals surface area contributed by atoms with E-state index < -0.39 is 0 Å². The van der Waals surface area contributed by atoms with Crippen LogP contribution in [0.2, 0.25) is 5.02 Å². The normalized spacial score (nSPS) is 13.1. The number of rotatable bonds is 9. The second kappa shape index (κ2) is 10.3. The van der Waals surface area contributed by atoms with Crippen LogP contribution in [0.1, 0.15) is 26.7 Å². The Balaban J connectivity index is 1.62. The fourth-order valence-corrected chi connectivity index (χ4v) is 3.91. The van der Waals surface area contributed by atoms with Gasteiger partial charge in [0.25, 0.3) is 0 Å². The molecular formula is C26H29ClN4O3. The fourth-order valence-electron chi connectivity index (χ4n) is 3.78. The Morgan fingerprint density at radius 2 is 1.94 bits per heavy atom. The Kier molecular flexibility index (Phi) is 7.22. The molecule has 1 aliphatic carbocycles. The van der Waals surface area contributed by atoms with Crippen molar-refractivity contribution >= 4 is 29.4 Å². The van der Waals surface area contributed by atoms with Crippen LogP contribution in [0, 0.1) is 11.8 Å². The zero-order valence-corrected chi connectivity index (χ0v) is 20.4. The van der Waals surface area contributed by atoms with E-state index in [-0.39, 0.29) is 30.2 Å². The third kappa shape index (κ3) is 5.78. The summed E-state index contributed by atoms with van der Waals surface area (Å²) in [4.78, 5) is 32.1. The van der Waals surface area contributed by atoms with Crippen LogP contribution in [0.3, 0.4) is 0 Å². The van der Waals surface area contributed by atoms with Gasteiger partial charge in [-0.3, -0.25) is 19.5 Å². The molecular weight excluding hydrogens is 452 g/mol. The van der Waals surface area contributed by atoms with E-state index in [0.717, 1.165) is 24.1 Å². The number of hydrogen-bond acceptors (Lipinski definition) is 4. The lowest BCUT2D eigenvalue weighted by atomic mass is 10.2. The Bertz CT molecular complexity index is 1170. The summed E-state index contributed by atoms with van der Waals surface area (Å²) < 4.78 is 7.17. The molecule has 4 rings (SSSR count). The van der Waals surface area contributed by atoms with E-state index in [9.17, 15) is 9.59 Å². The van der Waals surface area contributed by atoms with E-state index in [0.29, 0.717) is 29.0 Å². The number of aromatic nitrogens is 2. The predicted molar refractivity (Wildman–Crippen MR) is 133 cm³/mol. The number of ether oxygens (including phenoxy) is 1. The Hall–Kier alpha value is -3.32. The number of nitrogens with zero attached hydrogens (tertiary/aromatic N) is 3. The lowest BCUT2D eigenvalue weighted by molar-refractivity contribution is -0.136. The van der Waals surface area contributed by atoms with Gasteiger partial charge < -0.3 is 9.64 Å². The quantitative estimate of drug-likeness (QED) is 0.465. The van der Waals surface area contributed by atoms with Crippen molar-refractivity contribution < 1.29 is 14.3 Å². The van der Waals surface area contributed by atoms with Gasteiger partial charge in [0.2, 0.25) is 17.8 Å². The smallest absolute Gasteiger partial charge is 0.246 e. The SMILES string of the molecule is COc1cccc(-n2cc(-c3ccc(Cl)cc3)nc2NC(=O)CN(CC(C)C)C(=O)C2CC2)c1. The summed E-state index contributed by atoms with van der Waals surface area (Å²) in [7, 11) is 1.61. The Morgan fingerprint density at radius 3 is 2.59 bits per heavy atom. The van der Waals surface area contributed by atoms with Gasteiger partial charge in [0.1, 0.15) is 5.75 Å². The van der Waals surface area contributed by atoms with Crippen LogP contribution >= 0.6 is 11.6 Å². The van der Waals surface area contributed by atoms with Gasteiger partial charge in [0.05, 0.1) is 25.0 Å². The highest BCUT2D eigenvalue weighted by molar-refractivity contribution is 6.30. The molecule has 0 bridgehead atoms. The van der Waals surface area contributed by atoms with Gasteiger partial charge in [-0.1, -0.05) is 43.6 Å². The molecule has 1 N–H and O–H groups in total. The molecule has 1 saturated carbocycles. The predicted octanol–water partition coefficient (Wildman–Crippen LogP) is 5.03. The van der Waals surface area contributed by atoms with Crippen molar-refractivity contribution in [3.63, 3.8) is 0 Å². The Labute approximate surface area is 204 Å². The molecule has 1 fully saturated rings. The summed E-state index contributed by atoms with van der Waals surface area (Å²) >= 11 is 6.04. The number of methoxy groups -OCH3 is 1. The second-order valence-electron chi connectivity index (χ2n) is 8.96. The first-order valence-corrected chi connectivity index (χ1v) is 11.8. The van der Waals surface area contributed by atoms with Crippen LogP contribution in [-0.4, -0.2) is 46.5 Å². The zero-order valence-electron chi connectivity index (χ0n) is 19.6. The average Bonchev–Trinajstić information content (AvgIpc) is 3.59. The number of benzene rings is 2. The molecule has 34 heavy (non-hydrogen) atoms. The first-order chi connectivity index (χ1) is 16.3. The summed E-state index contributed by atoms with van der Waals surface area (Å²) in [5.74, 6) is 1.16. The summed E-state index contributed by atoms with van der Waals surface area (Å²) in [5, 5.41) is 3.55. The molecule has 1 heterocycles. The standard InChI is InChI=1S/C26H29ClN4O3/c1-17(2)14-30(25(33)19-7-8-19)16-24(32)29-26-28-23(18-9-11-20(27)12-10-18)15-31(26)21-5-4-6-22(13-21)34-3/h4-6,9-13,15,17,19H,7-8,14,16H2,1-3H3,(H,28,29,32). The van der Waals surface area contributed by atoms with Crippen LogP contribution in [0.4, 0.5) is 5.95 Å². The minimum Gasteiger partial charge on any atom is -0.497 e. The second-order valence-corrected chi connectivity index (χ2v) is 9.40. The van der Waals surface area contributed by atoms with Crippen molar-refractivity contribution in [3.05, 3.63) is 59.8 Å². The van der Waals surface area contributed by atoms with Crippen molar-refractivity contribution in [2.75, 3.05) is 25.5 Å². The average molecular weight is 481 g/mol. The topological polar surface area (TPSA) is 76.5 Å². The maximum Gasteiger partial charge on any atom is 0.246 e. The molecule has 3 aromatic rings. The number of anilines is 1. The van der Waals surface area contributed by atoms with Crippen molar-refractivity contribution in [1.82, 2.24) is 14.5 Å². The third-order valence-electron chi connectivity index (χ3n) is 5.59. The molecule has 1 aromatic heterocycles.